The van der Waals surface area contributed by atoms with Gasteiger partial charge in [-0.1, -0.05) is 0 Å². The van der Waals surface area contributed by atoms with Gasteiger partial charge in [0.15, 0.2) is 17.5 Å². The fourth-order valence-electron chi connectivity index (χ4n) is 3.27. The highest BCUT2D eigenvalue weighted by Gasteiger charge is 2.24. The standard InChI is InChI=1S/C23H20F3N3O7S/c1-3-36-16-5-4-11(24)19(26)10(16)8-27-14-7-13(12(25)6-17(14)35-2)28-23(34)29-15-9-37-20(22(32)33)18(15)21(30)31/h4-7,9,27H,3,8H2,1-2H3,(H,30,31)(H,32,33)(H2,28,29,34). The average Bonchev–Trinajstić information content (AvgIpc) is 3.27. The minimum absolute atomic E-state index is 0.0182. The molecule has 2 amide bonds. The lowest BCUT2D eigenvalue weighted by molar-refractivity contribution is 0.0657. The van der Waals surface area contributed by atoms with E-state index in [4.69, 9.17) is 14.6 Å². The van der Waals surface area contributed by atoms with E-state index in [-0.39, 0.29) is 47.3 Å². The lowest BCUT2D eigenvalue weighted by Crippen LogP contribution is -2.21. The first kappa shape index (κ1) is 27.1. The average molecular weight is 539 g/mol. The Bertz CT molecular complexity index is 1360. The molecule has 1 heterocycles. The third kappa shape index (κ3) is 6.03. The molecule has 0 bridgehead atoms. The van der Waals surface area contributed by atoms with Gasteiger partial charge in [-0.05, 0) is 25.1 Å². The molecule has 3 aromatic rings. The van der Waals surface area contributed by atoms with E-state index in [1.807, 2.05) is 0 Å². The Hall–Kier alpha value is -4.46. The van der Waals surface area contributed by atoms with Gasteiger partial charge in [-0.2, -0.15) is 0 Å². The van der Waals surface area contributed by atoms with Gasteiger partial charge in [-0.3, -0.25) is 0 Å². The third-order valence-corrected chi connectivity index (χ3v) is 5.86. The quantitative estimate of drug-likeness (QED) is 0.236. The molecule has 37 heavy (non-hydrogen) atoms. The van der Waals surface area contributed by atoms with Crippen molar-refractivity contribution >= 4 is 46.4 Å². The minimum Gasteiger partial charge on any atom is -0.494 e. The second kappa shape index (κ2) is 11.5. The molecule has 5 N–H and O–H groups in total. The number of nitrogens with one attached hydrogen (secondary N) is 3. The van der Waals surface area contributed by atoms with Crippen molar-refractivity contribution < 1.29 is 47.2 Å². The maximum Gasteiger partial charge on any atom is 0.346 e. The number of urea groups is 1. The summed E-state index contributed by atoms with van der Waals surface area (Å²) < 4.78 is 53.3. The highest BCUT2D eigenvalue weighted by Crippen LogP contribution is 2.33. The molecule has 0 saturated heterocycles. The molecule has 0 saturated carbocycles. The van der Waals surface area contributed by atoms with Gasteiger partial charge in [0.25, 0.3) is 0 Å². The van der Waals surface area contributed by atoms with Crippen LogP contribution in [0, 0.1) is 17.5 Å². The van der Waals surface area contributed by atoms with E-state index in [1.54, 1.807) is 6.92 Å². The zero-order valence-electron chi connectivity index (χ0n) is 19.3. The summed E-state index contributed by atoms with van der Waals surface area (Å²) in [5.74, 6) is -6.15. The third-order valence-electron chi connectivity index (χ3n) is 4.89. The van der Waals surface area contributed by atoms with E-state index in [9.17, 15) is 32.7 Å². The van der Waals surface area contributed by atoms with Crippen molar-refractivity contribution in [2.45, 2.75) is 13.5 Å². The molecule has 0 spiro atoms. The second-order valence-corrected chi connectivity index (χ2v) is 8.08. The molecule has 196 valence electrons. The predicted molar refractivity (Wildman–Crippen MR) is 129 cm³/mol. The normalized spacial score (nSPS) is 10.5. The Morgan fingerprint density at radius 2 is 1.65 bits per heavy atom. The van der Waals surface area contributed by atoms with Crippen LogP contribution in [0.25, 0.3) is 0 Å². The van der Waals surface area contributed by atoms with Gasteiger partial charge >= 0.3 is 18.0 Å². The van der Waals surface area contributed by atoms with Crippen molar-refractivity contribution in [3.63, 3.8) is 0 Å². The fraction of sp³-hybridized carbons (Fsp3) is 0.174. The first-order valence-corrected chi connectivity index (χ1v) is 11.3. The first-order chi connectivity index (χ1) is 17.6. The van der Waals surface area contributed by atoms with Gasteiger partial charge in [0.05, 0.1) is 36.3 Å². The van der Waals surface area contributed by atoms with Crippen molar-refractivity contribution in [3.05, 3.63) is 63.1 Å². The molecular formula is C23H20F3N3O7S. The maximum absolute atomic E-state index is 14.6. The molecular weight excluding hydrogens is 519 g/mol. The van der Waals surface area contributed by atoms with Crippen LogP contribution >= 0.6 is 11.3 Å². The Labute approximate surface area is 211 Å². The monoisotopic (exact) mass is 539 g/mol. The summed E-state index contributed by atoms with van der Waals surface area (Å²) in [6, 6.07) is 3.18. The molecule has 0 unspecified atom stereocenters. The summed E-state index contributed by atoms with van der Waals surface area (Å²) in [4.78, 5) is 34.6. The lowest BCUT2D eigenvalue weighted by atomic mass is 10.1. The number of carboxylic acid groups (broad SMARTS) is 2. The number of benzene rings is 2. The van der Waals surface area contributed by atoms with Gasteiger partial charge in [-0.15, -0.1) is 11.3 Å². The summed E-state index contributed by atoms with van der Waals surface area (Å²) in [5, 5.41) is 26.7. The molecule has 3 rings (SSSR count). The van der Waals surface area contributed by atoms with Gasteiger partial charge in [0, 0.05) is 18.0 Å². The topological polar surface area (TPSA) is 146 Å². The van der Waals surface area contributed by atoms with Crippen molar-refractivity contribution in [1.82, 2.24) is 0 Å². The van der Waals surface area contributed by atoms with Crippen LogP contribution in [0.2, 0.25) is 0 Å². The number of methoxy groups -OCH3 is 1. The number of ether oxygens (including phenoxy) is 2. The maximum atomic E-state index is 14.6. The van der Waals surface area contributed by atoms with E-state index in [0.717, 1.165) is 23.6 Å². The number of carbonyl (C=O) groups is 3. The molecule has 10 nitrogen and oxygen atoms in total. The number of thiophene rings is 1. The highest BCUT2D eigenvalue weighted by atomic mass is 32.1. The summed E-state index contributed by atoms with van der Waals surface area (Å²) in [6.07, 6.45) is 0. The molecule has 0 aliphatic heterocycles. The van der Waals surface area contributed by atoms with Crippen LogP contribution in [0.4, 0.5) is 35.0 Å². The number of rotatable bonds is 10. The Morgan fingerprint density at radius 3 is 2.27 bits per heavy atom. The van der Waals surface area contributed by atoms with Gasteiger partial charge in [-0.25, -0.2) is 27.6 Å². The molecule has 2 aromatic carbocycles. The van der Waals surface area contributed by atoms with Crippen molar-refractivity contribution in [3.8, 4) is 11.5 Å². The fourth-order valence-corrected chi connectivity index (χ4v) is 4.10. The summed E-state index contributed by atoms with van der Waals surface area (Å²) in [6.45, 7) is 1.58. The van der Waals surface area contributed by atoms with E-state index in [1.165, 1.54) is 13.2 Å². The zero-order chi connectivity index (χ0) is 27.3. The predicted octanol–water partition coefficient (Wildman–Crippen LogP) is 5.23. The van der Waals surface area contributed by atoms with Crippen LogP contribution in [-0.4, -0.2) is 41.9 Å². The molecule has 0 aliphatic rings. The van der Waals surface area contributed by atoms with Crippen molar-refractivity contribution in [1.29, 1.82) is 0 Å². The van der Waals surface area contributed by atoms with E-state index < -0.39 is 45.9 Å². The second-order valence-electron chi connectivity index (χ2n) is 7.20. The van der Waals surface area contributed by atoms with Crippen LogP contribution in [0.5, 0.6) is 11.5 Å². The van der Waals surface area contributed by atoms with Crippen molar-refractivity contribution in [2.75, 3.05) is 29.7 Å². The van der Waals surface area contributed by atoms with E-state index in [2.05, 4.69) is 16.0 Å². The molecule has 0 fully saturated rings. The molecule has 0 aliphatic carbocycles. The van der Waals surface area contributed by atoms with E-state index >= 15 is 0 Å². The molecule has 1 aromatic heterocycles. The number of halogens is 3. The van der Waals surface area contributed by atoms with E-state index in [0.29, 0.717) is 11.3 Å². The largest absolute Gasteiger partial charge is 0.494 e. The molecule has 14 heteroatoms. The molecule has 0 atom stereocenters. The number of carboxylic acids is 2. The highest BCUT2D eigenvalue weighted by molar-refractivity contribution is 7.13. The van der Waals surface area contributed by atoms with Crippen LogP contribution in [-0.2, 0) is 6.54 Å². The van der Waals surface area contributed by atoms with Crippen LogP contribution in [0.1, 0.15) is 32.5 Å². The van der Waals surface area contributed by atoms with Crippen molar-refractivity contribution in [2.24, 2.45) is 0 Å². The zero-order valence-corrected chi connectivity index (χ0v) is 20.1. The Kier molecular flexibility index (Phi) is 8.45. The van der Waals surface area contributed by atoms with Gasteiger partial charge in [0.2, 0.25) is 0 Å². The Balaban J connectivity index is 1.84. The Morgan fingerprint density at radius 1 is 0.946 bits per heavy atom. The summed E-state index contributed by atoms with van der Waals surface area (Å²) in [5.41, 5.74) is -1.35. The molecule has 0 radical (unpaired) electrons. The van der Waals surface area contributed by atoms with Crippen LogP contribution in [0.3, 0.4) is 0 Å². The number of anilines is 3. The SMILES string of the molecule is CCOc1ccc(F)c(F)c1CNc1cc(NC(=O)Nc2csc(C(=O)O)c2C(=O)O)c(F)cc1OC. The smallest absolute Gasteiger partial charge is 0.346 e. The number of aromatic carboxylic acids is 2. The number of hydrogen-bond donors (Lipinski definition) is 5. The summed E-state index contributed by atoms with van der Waals surface area (Å²) in [7, 11) is 1.25. The number of carbonyl (C=O) groups excluding carboxylic acids is 1. The number of amides is 2. The van der Waals surface area contributed by atoms with Gasteiger partial charge in [0.1, 0.15) is 21.9 Å². The van der Waals surface area contributed by atoms with Crippen LogP contribution in [0.15, 0.2) is 29.6 Å². The van der Waals surface area contributed by atoms with Crippen LogP contribution < -0.4 is 25.4 Å². The lowest BCUT2D eigenvalue weighted by Gasteiger charge is -2.17. The minimum atomic E-state index is -1.58. The number of hydrogen-bond acceptors (Lipinski definition) is 7. The first-order valence-electron chi connectivity index (χ1n) is 10.4. The van der Waals surface area contributed by atoms with Gasteiger partial charge < -0.3 is 35.6 Å². The summed E-state index contributed by atoms with van der Waals surface area (Å²) >= 11 is 0.592.